The van der Waals surface area contributed by atoms with Crippen LogP contribution in [0.15, 0.2) is 22.7 Å². The summed E-state index contributed by atoms with van der Waals surface area (Å²) in [6, 6.07) is 3.60. The average molecular weight is 331 g/mol. The van der Waals surface area contributed by atoms with E-state index in [1.807, 2.05) is 11.4 Å². The number of thiophene rings is 1. The highest BCUT2D eigenvalue weighted by molar-refractivity contribution is 7.88. The van der Waals surface area contributed by atoms with Gasteiger partial charge in [-0.2, -0.15) is 0 Å². The lowest BCUT2D eigenvalue weighted by Crippen LogP contribution is -2.39. The smallest absolute Gasteiger partial charge is 0.338 e. The number of piperidine rings is 1. The fourth-order valence-electron chi connectivity index (χ4n) is 2.06. The molecular weight excluding hydrogens is 314 g/mol. The van der Waals surface area contributed by atoms with Crippen molar-refractivity contribution in [1.82, 2.24) is 4.31 Å². The molecule has 0 unspecified atom stereocenters. The third-order valence-corrected chi connectivity index (χ3v) is 5.46. The molecule has 1 saturated heterocycles. The summed E-state index contributed by atoms with van der Waals surface area (Å²) in [6.07, 6.45) is 2.03. The lowest BCUT2D eigenvalue weighted by molar-refractivity contribution is -0.149. The Balaban J connectivity index is 1.87. The molecule has 0 aliphatic carbocycles. The van der Waals surface area contributed by atoms with Crippen molar-refractivity contribution in [3.05, 3.63) is 22.4 Å². The van der Waals surface area contributed by atoms with Crippen LogP contribution in [0.25, 0.3) is 0 Å². The molecule has 2 N–H and O–H groups in total. The largest absolute Gasteiger partial charge is 0.380 e. The topological polar surface area (TPSA) is 102 Å². The van der Waals surface area contributed by atoms with Gasteiger partial charge in [-0.05, 0) is 24.3 Å². The van der Waals surface area contributed by atoms with E-state index in [4.69, 9.17) is 10.6 Å². The zero-order valence-electron chi connectivity index (χ0n) is 11.6. The Morgan fingerprint density at radius 1 is 1.48 bits per heavy atom. The summed E-state index contributed by atoms with van der Waals surface area (Å²) in [5.41, 5.74) is 5.69. The van der Waals surface area contributed by atoms with Gasteiger partial charge in [0.2, 0.25) is 10.0 Å². The van der Waals surface area contributed by atoms with Crippen LogP contribution in [-0.4, -0.2) is 43.9 Å². The maximum atomic E-state index is 11.9. The molecule has 2 heterocycles. The molecule has 0 aromatic carbocycles. The number of amidine groups is 1. The first-order valence-corrected chi connectivity index (χ1v) is 9.14. The Hall–Kier alpha value is -1.45. The lowest BCUT2D eigenvalue weighted by atomic mass is 9.99. The van der Waals surface area contributed by atoms with Crippen molar-refractivity contribution in [2.75, 3.05) is 19.3 Å². The van der Waals surface area contributed by atoms with Crippen LogP contribution >= 0.6 is 11.3 Å². The maximum absolute atomic E-state index is 11.9. The van der Waals surface area contributed by atoms with E-state index in [-0.39, 0.29) is 11.8 Å². The molecule has 2 rings (SSSR count). The first-order valence-electron chi connectivity index (χ1n) is 6.41. The fraction of sp³-hybridized carbons (Fsp3) is 0.500. The Morgan fingerprint density at radius 3 is 2.67 bits per heavy atom. The van der Waals surface area contributed by atoms with Gasteiger partial charge in [-0.1, -0.05) is 11.2 Å². The Bertz CT molecular complexity index is 617. The number of hydrogen-bond acceptors (Lipinski definition) is 6. The van der Waals surface area contributed by atoms with Crippen LogP contribution in [0, 0.1) is 5.92 Å². The van der Waals surface area contributed by atoms with Gasteiger partial charge in [0.1, 0.15) is 0 Å². The zero-order valence-corrected chi connectivity index (χ0v) is 13.2. The van der Waals surface area contributed by atoms with Crippen LogP contribution in [0.4, 0.5) is 0 Å². The molecule has 1 aliphatic heterocycles. The monoisotopic (exact) mass is 331 g/mol. The van der Waals surface area contributed by atoms with Crippen LogP contribution in [-0.2, 0) is 19.7 Å². The zero-order chi connectivity index (χ0) is 15.5. The van der Waals surface area contributed by atoms with Gasteiger partial charge < -0.3 is 10.6 Å². The van der Waals surface area contributed by atoms with Crippen LogP contribution in [0.2, 0.25) is 0 Å². The number of rotatable bonds is 4. The molecule has 1 aliphatic rings. The molecule has 9 heteroatoms. The first-order chi connectivity index (χ1) is 9.88. The minimum Gasteiger partial charge on any atom is -0.380 e. The summed E-state index contributed by atoms with van der Waals surface area (Å²) >= 11 is 1.40. The second-order valence-electron chi connectivity index (χ2n) is 4.80. The van der Waals surface area contributed by atoms with E-state index in [2.05, 4.69) is 5.16 Å². The minimum atomic E-state index is -3.20. The molecule has 21 heavy (non-hydrogen) atoms. The van der Waals surface area contributed by atoms with Gasteiger partial charge in [0.05, 0.1) is 17.1 Å². The SMILES string of the molecule is CS(=O)(=O)N1CCC(C(=O)O/N=C(\N)c2cccs2)CC1. The molecule has 0 bridgehead atoms. The molecule has 7 nitrogen and oxygen atoms in total. The molecular formula is C12H17N3O4S2. The average Bonchev–Trinajstić information content (AvgIpc) is 2.98. The quantitative estimate of drug-likeness (QED) is 0.376. The number of oxime groups is 1. The summed E-state index contributed by atoms with van der Waals surface area (Å²) in [6.45, 7) is 0.644. The fourth-order valence-corrected chi connectivity index (χ4v) is 3.55. The van der Waals surface area contributed by atoms with Crippen molar-refractivity contribution in [1.29, 1.82) is 0 Å². The van der Waals surface area contributed by atoms with Crippen LogP contribution in [0.3, 0.4) is 0 Å². The number of carbonyl (C=O) groups is 1. The van der Waals surface area contributed by atoms with E-state index in [1.165, 1.54) is 15.6 Å². The summed E-state index contributed by atoms with van der Waals surface area (Å²) < 4.78 is 24.1. The van der Waals surface area contributed by atoms with E-state index >= 15 is 0 Å². The standard InChI is InChI=1S/C12H17N3O4S2/c1-21(17,18)15-6-4-9(5-7-15)12(16)19-14-11(13)10-3-2-8-20-10/h2-3,8-9H,4-7H2,1H3,(H2,13,14). The Morgan fingerprint density at radius 2 is 2.14 bits per heavy atom. The van der Waals surface area contributed by atoms with Crippen LogP contribution in [0.1, 0.15) is 17.7 Å². The van der Waals surface area contributed by atoms with Crippen molar-refractivity contribution in [3.63, 3.8) is 0 Å². The summed E-state index contributed by atoms with van der Waals surface area (Å²) in [5.74, 6) is -0.655. The van der Waals surface area contributed by atoms with Gasteiger partial charge in [0.15, 0.2) is 5.84 Å². The lowest BCUT2D eigenvalue weighted by Gasteiger charge is -2.28. The van der Waals surface area contributed by atoms with Gasteiger partial charge in [0.25, 0.3) is 0 Å². The summed E-state index contributed by atoms with van der Waals surface area (Å²) in [5, 5.41) is 5.48. The minimum absolute atomic E-state index is 0.159. The molecule has 1 aromatic heterocycles. The summed E-state index contributed by atoms with van der Waals surface area (Å²) in [7, 11) is -3.20. The highest BCUT2D eigenvalue weighted by atomic mass is 32.2. The van der Waals surface area contributed by atoms with Gasteiger partial charge in [-0.15, -0.1) is 11.3 Å². The molecule has 0 saturated carbocycles. The molecule has 1 aromatic rings. The first kappa shape index (κ1) is 15.9. The number of sulfonamides is 1. The van der Waals surface area contributed by atoms with Crippen LogP contribution in [0.5, 0.6) is 0 Å². The third-order valence-electron chi connectivity index (χ3n) is 3.26. The molecule has 0 spiro atoms. The Kier molecular flexibility index (Phi) is 4.96. The third kappa shape index (κ3) is 4.26. The summed E-state index contributed by atoms with van der Waals surface area (Å²) in [4.78, 5) is 17.5. The van der Waals surface area contributed by atoms with E-state index in [1.54, 1.807) is 6.07 Å². The van der Waals surface area contributed by atoms with E-state index in [0.29, 0.717) is 25.9 Å². The second-order valence-corrected chi connectivity index (χ2v) is 7.73. The highest BCUT2D eigenvalue weighted by Gasteiger charge is 2.30. The number of hydrogen-bond donors (Lipinski definition) is 1. The van der Waals surface area contributed by atoms with Crippen molar-refractivity contribution in [2.24, 2.45) is 16.8 Å². The number of carbonyl (C=O) groups excluding carboxylic acids is 1. The molecule has 1 fully saturated rings. The highest BCUT2D eigenvalue weighted by Crippen LogP contribution is 2.20. The van der Waals surface area contributed by atoms with Gasteiger partial charge in [-0.25, -0.2) is 17.5 Å². The predicted octanol–water partition coefficient (Wildman–Crippen LogP) is 0.583. The Labute approximate surface area is 127 Å². The van der Waals surface area contributed by atoms with Crippen molar-refractivity contribution < 1.29 is 18.0 Å². The number of nitrogens with zero attached hydrogens (tertiary/aromatic N) is 2. The van der Waals surface area contributed by atoms with Crippen molar-refractivity contribution in [2.45, 2.75) is 12.8 Å². The van der Waals surface area contributed by atoms with E-state index < -0.39 is 16.0 Å². The van der Waals surface area contributed by atoms with Gasteiger partial charge in [0, 0.05) is 13.1 Å². The van der Waals surface area contributed by atoms with Gasteiger partial charge >= 0.3 is 5.97 Å². The molecule has 0 atom stereocenters. The molecule has 116 valence electrons. The molecule has 0 amide bonds. The van der Waals surface area contributed by atoms with Crippen molar-refractivity contribution >= 4 is 33.2 Å². The van der Waals surface area contributed by atoms with Crippen LogP contribution < -0.4 is 5.73 Å². The predicted molar refractivity (Wildman–Crippen MR) is 80.3 cm³/mol. The second kappa shape index (κ2) is 6.54. The number of nitrogens with two attached hydrogens (primary N) is 1. The maximum Gasteiger partial charge on any atom is 0.338 e. The normalized spacial score (nSPS) is 18.6. The molecule has 0 radical (unpaired) electrons. The van der Waals surface area contributed by atoms with E-state index in [0.717, 1.165) is 11.1 Å². The van der Waals surface area contributed by atoms with E-state index in [9.17, 15) is 13.2 Å². The van der Waals surface area contributed by atoms with Gasteiger partial charge in [-0.3, -0.25) is 0 Å². The van der Waals surface area contributed by atoms with Crippen molar-refractivity contribution in [3.8, 4) is 0 Å².